The first-order chi connectivity index (χ1) is 12.3. The standard InChI is InChI=1S/C13H19N5O5S3/c1-3-23-12-11(15-25(20)16-12)14-9-8-24-13(10(9)19)26(21,22)18-6-4-17(2)5-7-18/h8,19H,3-7H2,1-2H3,(H,14,15)/p+1. The zero-order valence-corrected chi connectivity index (χ0v) is 16.7. The fourth-order valence-electron chi connectivity index (χ4n) is 2.51. The molecular formula is C13H20N5O5S3+. The van der Waals surface area contributed by atoms with E-state index in [0.29, 0.717) is 32.8 Å². The largest absolute Gasteiger partial charge is 0.501 e. The molecule has 3 N–H and O–H groups in total. The van der Waals surface area contributed by atoms with Crippen LogP contribution in [0, 0.1) is 0 Å². The van der Waals surface area contributed by atoms with Crippen molar-refractivity contribution < 1.29 is 27.8 Å². The van der Waals surface area contributed by atoms with Crippen molar-refractivity contribution in [2.24, 2.45) is 8.80 Å². The van der Waals surface area contributed by atoms with Gasteiger partial charge in [0.05, 0.1) is 12.0 Å². The molecule has 13 heteroatoms. The molecule has 10 nitrogen and oxygen atoms in total. The quantitative estimate of drug-likeness (QED) is 0.641. The van der Waals surface area contributed by atoms with E-state index in [4.69, 9.17) is 4.74 Å². The van der Waals surface area contributed by atoms with Gasteiger partial charge in [0.2, 0.25) is 5.75 Å². The van der Waals surface area contributed by atoms with Crippen molar-refractivity contribution in [3.05, 3.63) is 5.38 Å². The van der Waals surface area contributed by atoms with E-state index in [9.17, 15) is 17.7 Å². The predicted octanol–water partition coefficient (Wildman–Crippen LogP) is -0.989. The Labute approximate surface area is 158 Å². The molecule has 0 aliphatic carbocycles. The molecular weight excluding hydrogens is 402 g/mol. The van der Waals surface area contributed by atoms with E-state index < -0.39 is 21.2 Å². The lowest BCUT2D eigenvalue weighted by Gasteiger charge is -2.31. The van der Waals surface area contributed by atoms with E-state index in [0.717, 1.165) is 11.3 Å². The number of nitrogens with two attached hydrogens (primary N) is 1. The summed E-state index contributed by atoms with van der Waals surface area (Å²) in [6.07, 6.45) is 0. The minimum Gasteiger partial charge on any atom is -0.501 e. The van der Waals surface area contributed by atoms with E-state index in [1.54, 1.807) is 6.92 Å². The van der Waals surface area contributed by atoms with Gasteiger partial charge in [0, 0.05) is 26.2 Å². The van der Waals surface area contributed by atoms with Crippen molar-refractivity contribution in [3.8, 4) is 5.75 Å². The summed E-state index contributed by atoms with van der Waals surface area (Å²) in [4.78, 5) is 2.05. The van der Waals surface area contributed by atoms with Gasteiger partial charge < -0.3 is 14.7 Å². The van der Waals surface area contributed by atoms with Crippen LogP contribution in [0.2, 0.25) is 0 Å². The molecule has 2 aliphatic rings. The van der Waals surface area contributed by atoms with Gasteiger partial charge in [0.15, 0.2) is 9.90 Å². The molecule has 1 fully saturated rings. The van der Waals surface area contributed by atoms with Gasteiger partial charge in [-0.15, -0.1) is 20.1 Å². The highest BCUT2D eigenvalue weighted by atomic mass is 32.2. The lowest BCUT2D eigenvalue weighted by Crippen LogP contribution is -2.84. The van der Waals surface area contributed by atoms with Crippen LogP contribution >= 0.6 is 11.3 Å². The summed E-state index contributed by atoms with van der Waals surface area (Å²) in [5.74, 6) is -0.0214. The smallest absolute Gasteiger partial charge is 0.310 e. The van der Waals surface area contributed by atoms with Crippen LogP contribution in [0.5, 0.6) is 5.75 Å². The molecule has 0 aromatic carbocycles. The van der Waals surface area contributed by atoms with Crippen LogP contribution in [0.1, 0.15) is 6.92 Å². The van der Waals surface area contributed by atoms with E-state index in [1.807, 2.05) is 11.9 Å². The molecule has 3 rings (SSSR count). The SMILES string of the molecule is CCOC1=NS(=O)N=C1[NH2+]c1csc(S(=O)(=O)N2CCN(C)CC2)c1O. The van der Waals surface area contributed by atoms with Gasteiger partial charge in [-0.25, -0.2) is 12.6 Å². The Hall–Kier alpha value is -1.38. The molecule has 1 unspecified atom stereocenters. The number of nitrogens with zero attached hydrogens (tertiary/aromatic N) is 4. The lowest BCUT2D eigenvalue weighted by atomic mass is 10.4. The second-order valence-electron chi connectivity index (χ2n) is 5.72. The summed E-state index contributed by atoms with van der Waals surface area (Å²) >= 11 is -0.832. The van der Waals surface area contributed by atoms with Gasteiger partial charge in [-0.05, 0) is 14.0 Å². The van der Waals surface area contributed by atoms with Gasteiger partial charge in [0.25, 0.3) is 21.2 Å². The number of quaternary nitrogens is 1. The number of likely N-dealkylation sites (N-methyl/N-ethyl adjacent to an activating group) is 1. The summed E-state index contributed by atoms with van der Waals surface area (Å²) in [5.41, 5.74) is 0.271. The van der Waals surface area contributed by atoms with E-state index in [-0.39, 0.29) is 27.4 Å². The maximum Gasteiger partial charge on any atom is 0.310 e. The van der Waals surface area contributed by atoms with Gasteiger partial charge >= 0.3 is 11.7 Å². The van der Waals surface area contributed by atoms with Crippen LogP contribution in [-0.2, 0) is 25.9 Å². The highest BCUT2D eigenvalue weighted by Gasteiger charge is 2.35. The van der Waals surface area contributed by atoms with Crippen molar-refractivity contribution in [1.29, 1.82) is 0 Å². The van der Waals surface area contributed by atoms with Crippen LogP contribution in [0.15, 0.2) is 18.4 Å². The third kappa shape index (κ3) is 3.82. The van der Waals surface area contributed by atoms with Crippen molar-refractivity contribution in [1.82, 2.24) is 9.21 Å². The number of rotatable bonds is 4. The molecule has 0 bridgehead atoms. The molecule has 2 aliphatic heterocycles. The molecule has 0 spiro atoms. The van der Waals surface area contributed by atoms with Crippen LogP contribution in [0.25, 0.3) is 0 Å². The Kier molecular flexibility index (Phi) is 5.74. The first kappa shape index (κ1) is 19.4. The number of aromatic hydroxyl groups is 1. The molecule has 1 aromatic rings. The topological polar surface area (TPSA) is 128 Å². The normalized spacial score (nSPS) is 22.3. The van der Waals surface area contributed by atoms with Crippen molar-refractivity contribution in [2.75, 3.05) is 39.8 Å². The Morgan fingerprint density at radius 2 is 2.04 bits per heavy atom. The molecule has 1 atom stereocenters. The third-order valence-electron chi connectivity index (χ3n) is 3.93. The highest BCUT2D eigenvalue weighted by Crippen LogP contribution is 2.37. The number of piperazine rings is 1. The average Bonchev–Trinajstić information content (AvgIpc) is 3.12. The number of thiophene rings is 1. The number of amidine groups is 1. The van der Waals surface area contributed by atoms with Crippen LogP contribution in [0.3, 0.4) is 0 Å². The zero-order valence-electron chi connectivity index (χ0n) is 14.3. The highest BCUT2D eigenvalue weighted by molar-refractivity contribution is 7.91. The average molecular weight is 423 g/mol. The van der Waals surface area contributed by atoms with Crippen molar-refractivity contribution in [3.63, 3.8) is 0 Å². The summed E-state index contributed by atoms with van der Waals surface area (Å²) in [6, 6.07) is 0. The molecule has 0 amide bonds. The first-order valence-corrected chi connectivity index (χ1v) is 11.3. The van der Waals surface area contributed by atoms with Crippen LogP contribution < -0.4 is 5.32 Å². The van der Waals surface area contributed by atoms with E-state index in [2.05, 4.69) is 8.80 Å². The minimum atomic E-state index is -3.77. The Balaban J connectivity index is 1.81. The summed E-state index contributed by atoms with van der Waals surface area (Å²) in [7, 11) is -1.84. The Bertz CT molecular complexity index is 871. The van der Waals surface area contributed by atoms with E-state index >= 15 is 0 Å². The third-order valence-corrected chi connectivity index (χ3v) is 8.01. The maximum absolute atomic E-state index is 12.8. The predicted molar refractivity (Wildman–Crippen MR) is 98.5 cm³/mol. The molecule has 26 heavy (non-hydrogen) atoms. The van der Waals surface area contributed by atoms with Gasteiger partial charge in [-0.1, -0.05) is 0 Å². The lowest BCUT2D eigenvalue weighted by molar-refractivity contribution is -0.440. The maximum atomic E-state index is 12.8. The molecule has 0 saturated carbocycles. The van der Waals surface area contributed by atoms with Gasteiger partial charge in [-0.3, -0.25) is 5.32 Å². The molecule has 1 saturated heterocycles. The number of hydrogen-bond acceptors (Lipinski definition) is 7. The van der Waals surface area contributed by atoms with Crippen LogP contribution in [0.4, 0.5) is 5.69 Å². The molecule has 1 aromatic heterocycles. The number of sulfonamides is 1. The second kappa shape index (κ2) is 7.70. The van der Waals surface area contributed by atoms with Crippen molar-refractivity contribution >= 4 is 50.0 Å². The first-order valence-electron chi connectivity index (χ1n) is 7.89. The molecule has 0 radical (unpaired) electrons. The minimum absolute atomic E-state index is 0.108. The van der Waals surface area contributed by atoms with E-state index in [1.165, 1.54) is 15.0 Å². The molecule has 3 heterocycles. The Morgan fingerprint density at radius 1 is 1.35 bits per heavy atom. The number of ether oxygens (including phenoxy) is 1. The van der Waals surface area contributed by atoms with Gasteiger partial charge in [0.1, 0.15) is 0 Å². The summed E-state index contributed by atoms with van der Waals surface area (Å²) in [5, 5.41) is 13.4. The Morgan fingerprint density at radius 3 is 2.69 bits per heavy atom. The second-order valence-corrected chi connectivity index (χ2v) is 9.55. The monoisotopic (exact) mass is 422 g/mol. The fraction of sp³-hybridized carbons (Fsp3) is 0.538. The summed E-state index contributed by atoms with van der Waals surface area (Å²) in [6.45, 7) is 4.11. The number of hydrogen-bond donors (Lipinski definition) is 2. The van der Waals surface area contributed by atoms with Gasteiger partial charge in [-0.2, -0.15) is 4.31 Å². The molecule has 144 valence electrons. The van der Waals surface area contributed by atoms with Crippen LogP contribution in [-0.4, -0.2) is 78.5 Å². The van der Waals surface area contributed by atoms with Crippen molar-refractivity contribution in [2.45, 2.75) is 11.1 Å². The fourth-order valence-corrected chi connectivity index (χ4v) is 5.97. The summed E-state index contributed by atoms with van der Waals surface area (Å²) < 4.78 is 51.2. The zero-order chi connectivity index (χ0) is 18.9.